The highest BCUT2D eigenvalue weighted by Gasteiger charge is 2.57. The predicted octanol–water partition coefficient (Wildman–Crippen LogP) is 6.50. The van der Waals surface area contributed by atoms with E-state index in [2.05, 4.69) is 26.2 Å². The normalized spacial score (nSPS) is 18.6. The Morgan fingerprint density at radius 1 is 1.00 bits per heavy atom. The molecule has 3 amide bonds. The maximum atomic E-state index is 14.2. The fourth-order valence-corrected chi connectivity index (χ4v) is 8.56. The molecule has 2 N–H and O–H groups in total. The molecule has 0 unspecified atom stereocenters. The molecule has 10 nitrogen and oxygen atoms in total. The zero-order valence-electron chi connectivity index (χ0n) is 23.7. The minimum Gasteiger partial charge on any atom is -0.483 e. The maximum absolute atomic E-state index is 14.2. The van der Waals surface area contributed by atoms with Crippen LogP contribution in [-0.4, -0.2) is 47.1 Å². The number of hydrogen-bond donors (Lipinski definition) is 2. The number of carbonyl (C=O) groups excluding carboxylic acids is 4. The van der Waals surface area contributed by atoms with Crippen LogP contribution in [0.4, 0.5) is 11.4 Å². The Morgan fingerprint density at radius 3 is 2.48 bits per heavy atom. The average Bonchev–Trinajstić information content (AvgIpc) is 3.52. The Balaban J connectivity index is 1.32. The molecule has 15 heteroatoms. The second-order valence-corrected chi connectivity index (χ2v) is 14.1. The first kappa shape index (κ1) is 32.3. The molecule has 46 heavy (non-hydrogen) atoms. The van der Waals surface area contributed by atoms with Crippen molar-refractivity contribution in [2.24, 2.45) is 5.92 Å². The molecule has 0 spiro atoms. The number of aromatic nitrogens is 1. The molecule has 1 aromatic heterocycles. The molecule has 3 atom stereocenters. The van der Waals surface area contributed by atoms with Gasteiger partial charge in [0, 0.05) is 26.5 Å². The molecule has 0 saturated carbocycles. The van der Waals surface area contributed by atoms with Gasteiger partial charge in [0.2, 0.25) is 11.8 Å². The van der Waals surface area contributed by atoms with Gasteiger partial charge in [0.15, 0.2) is 6.61 Å². The van der Waals surface area contributed by atoms with Crippen LogP contribution in [0.5, 0.6) is 5.75 Å². The number of thiazole rings is 1. The van der Waals surface area contributed by atoms with Crippen LogP contribution in [0.15, 0.2) is 75.0 Å². The molecule has 1 fully saturated rings. The summed E-state index contributed by atoms with van der Waals surface area (Å²) in [6.45, 7) is 1.53. The van der Waals surface area contributed by atoms with Gasteiger partial charge in [-0.3, -0.25) is 19.2 Å². The van der Waals surface area contributed by atoms with Crippen LogP contribution in [-0.2, 0) is 19.1 Å². The number of halogens is 3. The van der Waals surface area contributed by atoms with Gasteiger partial charge in [-0.25, -0.2) is 9.69 Å². The van der Waals surface area contributed by atoms with Gasteiger partial charge >= 0.3 is 10.8 Å². The van der Waals surface area contributed by atoms with Crippen LogP contribution in [0.1, 0.15) is 33.6 Å². The zero-order chi connectivity index (χ0) is 32.7. The summed E-state index contributed by atoms with van der Waals surface area (Å²) in [5.74, 6) is -3.26. The van der Waals surface area contributed by atoms with Crippen molar-refractivity contribution in [3.05, 3.63) is 101 Å². The monoisotopic (exact) mass is 761 g/mol. The number of amides is 3. The number of aromatic amines is 1. The highest BCUT2D eigenvalue weighted by molar-refractivity contribution is 9.10. The highest BCUT2D eigenvalue weighted by Crippen LogP contribution is 2.54. The summed E-state index contributed by atoms with van der Waals surface area (Å²) >= 11 is 17.6. The van der Waals surface area contributed by atoms with E-state index in [0.717, 1.165) is 28.0 Å². The molecule has 2 aliphatic heterocycles. The minimum absolute atomic E-state index is 0.209. The first-order valence-corrected chi connectivity index (χ1v) is 17.0. The van der Waals surface area contributed by atoms with Gasteiger partial charge in [0.25, 0.3) is 5.91 Å². The van der Waals surface area contributed by atoms with E-state index >= 15 is 0 Å². The molecule has 3 aromatic carbocycles. The summed E-state index contributed by atoms with van der Waals surface area (Å²) in [6, 6.07) is 15.9. The minimum atomic E-state index is -0.900. The summed E-state index contributed by atoms with van der Waals surface area (Å²) in [5, 5.41) is 2.96. The van der Waals surface area contributed by atoms with Crippen molar-refractivity contribution in [1.29, 1.82) is 0 Å². The van der Waals surface area contributed by atoms with Gasteiger partial charge in [-0.1, -0.05) is 62.2 Å². The molecular weight excluding hydrogens is 741 g/mol. The van der Waals surface area contributed by atoms with Gasteiger partial charge < -0.3 is 19.8 Å². The van der Waals surface area contributed by atoms with Gasteiger partial charge in [0.1, 0.15) is 11.0 Å². The van der Waals surface area contributed by atoms with Gasteiger partial charge in [0.05, 0.1) is 38.8 Å². The van der Waals surface area contributed by atoms with E-state index in [0.29, 0.717) is 42.1 Å². The van der Waals surface area contributed by atoms with E-state index in [9.17, 15) is 24.0 Å². The number of esters is 1. The zero-order valence-corrected chi connectivity index (χ0v) is 28.4. The van der Waals surface area contributed by atoms with Crippen molar-refractivity contribution < 1.29 is 28.7 Å². The fourth-order valence-electron chi connectivity index (χ4n) is 5.38. The number of thioether (sulfide) groups is 1. The van der Waals surface area contributed by atoms with Gasteiger partial charge in [-0.15, -0.1) is 0 Å². The van der Waals surface area contributed by atoms with Crippen LogP contribution in [0, 0.1) is 5.92 Å². The number of fused-ring (bicyclic) bond motifs is 2. The van der Waals surface area contributed by atoms with Gasteiger partial charge in [-0.2, -0.15) is 0 Å². The number of nitrogens with zero attached hydrogens (tertiary/aromatic N) is 1. The first-order chi connectivity index (χ1) is 22.0. The Labute approximate surface area is 288 Å². The lowest BCUT2D eigenvalue weighted by atomic mass is 9.82. The van der Waals surface area contributed by atoms with Crippen molar-refractivity contribution in [1.82, 2.24) is 4.98 Å². The number of benzene rings is 3. The molecule has 0 aliphatic carbocycles. The largest absolute Gasteiger partial charge is 0.483 e. The third-order valence-corrected chi connectivity index (χ3v) is 11.0. The van der Waals surface area contributed by atoms with E-state index in [1.54, 1.807) is 37.3 Å². The average molecular weight is 763 g/mol. The van der Waals surface area contributed by atoms with E-state index < -0.39 is 40.8 Å². The van der Waals surface area contributed by atoms with Crippen LogP contribution >= 0.6 is 62.2 Å². The molecule has 0 bridgehead atoms. The third kappa shape index (κ3) is 6.21. The van der Waals surface area contributed by atoms with E-state index in [1.807, 2.05) is 0 Å². The fraction of sp³-hybridized carbons (Fsp3) is 0.194. The standard InChI is InChI=1S/C31H22BrCl2N3O7S2/c1-2-43-30(41)14-3-7-17(8-4-14)37-28(39)24-23(25-27(36-31(42)46-25)45-26(24)29(37)40)18-11-15(32)5-10-21(18)44-13-22(38)35-16-6-9-19(33)20(34)12-16/h3-12,23-24,26H,2,13H2,1H3,(H,35,38)(H,36,42)/t23-,24-,26+/m0/s1. The quantitative estimate of drug-likeness (QED) is 0.154. The van der Waals surface area contributed by atoms with Crippen molar-refractivity contribution in [3.8, 4) is 5.75 Å². The number of nitrogens with one attached hydrogen (secondary N) is 2. The summed E-state index contributed by atoms with van der Waals surface area (Å²) in [5.41, 5.74) is 1.54. The Hall–Kier alpha value is -3.62. The molecule has 0 radical (unpaired) electrons. The van der Waals surface area contributed by atoms with Gasteiger partial charge in [-0.05, 0) is 67.6 Å². The van der Waals surface area contributed by atoms with Crippen LogP contribution < -0.4 is 19.8 Å². The molecular formula is C31H22BrCl2N3O7S2. The summed E-state index contributed by atoms with van der Waals surface area (Å²) in [4.78, 5) is 69.7. The van der Waals surface area contributed by atoms with Crippen LogP contribution in [0.3, 0.4) is 0 Å². The van der Waals surface area contributed by atoms with E-state index in [1.165, 1.54) is 30.3 Å². The van der Waals surface area contributed by atoms with Crippen LogP contribution in [0.25, 0.3) is 0 Å². The third-order valence-electron chi connectivity index (χ3n) is 7.33. The molecule has 236 valence electrons. The first-order valence-electron chi connectivity index (χ1n) is 13.8. The maximum Gasteiger partial charge on any atom is 0.338 e. The van der Waals surface area contributed by atoms with Crippen LogP contribution in [0.2, 0.25) is 10.0 Å². The smallest absolute Gasteiger partial charge is 0.338 e. The molecule has 3 heterocycles. The number of ether oxygens (including phenoxy) is 2. The number of H-pyrrole nitrogens is 1. The predicted molar refractivity (Wildman–Crippen MR) is 180 cm³/mol. The van der Waals surface area contributed by atoms with E-state index in [4.69, 9.17) is 32.7 Å². The van der Waals surface area contributed by atoms with Crippen molar-refractivity contribution in [2.75, 3.05) is 23.4 Å². The second kappa shape index (κ2) is 13.2. The Morgan fingerprint density at radius 2 is 1.76 bits per heavy atom. The number of rotatable bonds is 8. The highest BCUT2D eigenvalue weighted by atomic mass is 79.9. The second-order valence-electron chi connectivity index (χ2n) is 10.2. The molecule has 6 rings (SSSR count). The molecule has 4 aromatic rings. The van der Waals surface area contributed by atoms with E-state index in [-0.39, 0.29) is 28.7 Å². The SMILES string of the molecule is CCOC(=O)c1ccc(N2C(=O)[C@H]3[C@H](c4cc(Br)ccc4OCC(=O)Nc4ccc(Cl)c(Cl)c4)c4sc(=O)[nH]c4S[C@H]3C2=O)cc1. The Bertz CT molecular complexity index is 1950. The number of carbonyl (C=O) groups is 4. The van der Waals surface area contributed by atoms with Crippen molar-refractivity contribution in [2.45, 2.75) is 23.1 Å². The Kier molecular flexibility index (Phi) is 9.31. The number of imide groups is 1. The van der Waals surface area contributed by atoms with Crippen molar-refractivity contribution >= 4 is 97.3 Å². The lowest BCUT2D eigenvalue weighted by Gasteiger charge is -2.31. The summed E-state index contributed by atoms with van der Waals surface area (Å²) in [6.07, 6.45) is 0. The molecule has 2 aliphatic rings. The topological polar surface area (TPSA) is 135 Å². The summed E-state index contributed by atoms with van der Waals surface area (Å²) < 4.78 is 11.7. The lowest BCUT2D eigenvalue weighted by molar-refractivity contribution is -0.122. The molecule has 1 saturated heterocycles. The number of anilines is 2. The van der Waals surface area contributed by atoms with Crippen molar-refractivity contribution in [3.63, 3.8) is 0 Å². The summed E-state index contributed by atoms with van der Waals surface area (Å²) in [7, 11) is 0. The number of hydrogen-bond acceptors (Lipinski definition) is 9. The lowest BCUT2D eigenvalue weighted by Crippen LogP contribution is -2.32.